The number of carbonyl (C=O) groups excluding carboxylic acids is 2. The first-order valence-corrected chi connectivity index (χ1v) is 6.98. The van der Waals surface area contributed by atoms with Gasteiger partial charge < -0.3 is 10.6 Å². The normalized spacial score (nSPS) is 18.4. The number of rotatable bonds is 4. The van der Waals surface area contributed by atoms with Crippen LogP contribution in [0.4, 0.5) is 5.69 Å². The number of piperidine rings is 1. The fourth-order valence-electron chi connectivity index (χ4n) is 2.39. The van der Waals surface area contributed by atoms with Crippen molar-refractivity contribution in [3.63, 3.8) is 0 Å². The molecule has 1 aromatic rings. The van der Waals surface area contributed by atoms with E-state index in [4.69, 9.17) is 5.73 Å². The molecular weight excluding hydrogens is 286 g/mol. The molecule has 0 aliphatic carbocycles. The maximum Gasteiger partial charge on any atom is 0.269 e. The van der Waals surface area contributed by atoms with Crippen molar-refractivity contribution in [1.29, 1.82) is 0 Å². The first kappa shape index (κ1) is 15.7. The zero-order valence-electron chi connectivity index (χ0n) is 12.0. The smallest absolute Gasteiger partial charge is 0.269 e. The zero-order chi connectivity index (χ0) is 16.1. The Morgan fingerprint density at radius 2 is 2.00 bits per heavy atom. The molecule has 0 bridgehead atoms. The van der Waals surface area contributed by atoms with Crippen molar-refractivity contribution < 1.29 is 14.5 Å². The highest BCUT2D eigenvalue weighted by Crippen LogP contribution is 2.17. The van der Waals surface area contributed by atoms with E-state index in [9.17, 15) is 19.7 Å². The molecule has 2 N–H and O–H groups in total. The number of nitro benzene ring substituents is 1. The van der Waals surface area contributed by atoms with Crippen LogP contribution < -0.4 is 5.73 Å². The highest BCUT2D eigenvalue weighted by Gasteiger charge is 2.25. The highest BCUT2D eigenvalue weighted by molar-refractivity contribution is 5.92. The highest BCUT2D eigenvalue weighted by atomic mass is 16.6. The van der Waals surface area contributed by atoms with Crippen LogP contribution in [0, 0.1) is 16.0 Å². The van der Waals surface area contributed by atoms with Gasteiger partial charge in [-0.15, -0.1) is 0 Å². The van der Waals surface area contributed by atoms with Crippen LogP contribution in [-0.2, 0) is 9.59 Å². The number of benzene rings is 1. The Bertz CT molecular complexity index is 610. The van der Waals surface area contributed by atoms with Gasteiger partial charge in [-0.05, 0) is 36.6 Å². The van der Waals surface area contributed by atoms with Gasteiger partial charge in [0.2, 0.25) is 11.8 Å². The van der Waals surface area contributed by atoms with Crippen molar-refractivity contribution in [2.75, 3.05) is 13.1 Å². The quantitative estimate of drug-likeness (QED) is 0.514. The predicted molar refractivity (Wildman–Crippen MR) is 80.6 cm³/mol. The average molecular weight is 303 g/mol. The fourth-order valence-corrected chi connectivity index (χ4v) is 2.39. The third-order valence-electron chi connectivity index (χ3n) is 3.66. The molecule has 1 atom stereocenters. The van der Waals surface area contributed by atoms with E-state index in [1.54, 1.807) is 23.1 Å². The number of hydrogen-bond acceptors (Lipinski definition) is 4. The zero-order valence-corrected chi connectivity index (χ0v) is 12.0. The number of amides is 2. The van der Waals surface area contributed by atoms with Gasteiger partial charge in [-0.1, -0.05) is 0 Å². The number of nitrogens with zero attached hydrogens (tertiary/aromatic N) is 2. The number of nitrogens with two attached hydrogens (primary N) is 1. The Morgan fingerprint density at radius 3 is 2.59 bits per heavy atom. The second-order valence-electron chi connectivity index (χ2n) is 5.21. The molecule has 116 valence electrons. The molecule has 0 radical (unpaired) electrons. The number of non-ortho nitro benzene ring substituents is 1. The van der Waals surface area contributed by atoms with Gasteiger partial charge in [0.15, 0.2) is 0 Å². The van der Waals surface area contributed by atoms with Gasteiger partial charge >= 0.3 is 0 Å². The molecule has 7 heteroatoms. The van der Waals surface area contributed by atoms with Crippen LogP contribution in [0.15, 0.2) is 30.3 Å². The second-order valence-corrected chi connectivity index (χ2v) is 5.21. The molecule has 1 unspecified atom stereocenters. The van der Waals surface area contributed by atoms with Gasteiger partial charge in [-0.2, -0.15) is 0 Å². The van der Waals surface area contributed by atoms with Gasteiger partial charge in [0.25, 0.3) is 5.69 Å². The van der Waals surface area contributed by atoms with Gasteiger partial charge in [0.05, 0.1) is 10.8 Å². The number of primary amides is 1. The van der Waals surface area contributed by atoms with Crippen molar-refractivity contribution in [2.24, 2.45) is 11.7 Å². The third kappa shape index (κ3) is 3.91. The summed E-state index contributed by atoms with van der Waals surface area (Å²) in [7, 11) is 0. The summed E-state index contributed by atoms with van der Waals surface area (Å²) in [4.78, 5) is 35.0. The molecule has 0 saturated carbocycles. The van der Waals surface area contributed by atoms with Crippen molar-refractivity contribution >= 4 is 23.6 Å². The van der Waals surface area contributed by atoms with E-state index in [2.05, 4.69) is 0 Å². The standard InChI is InChI=1S/C15H17N3O4/c16-15(20)12-2-1-9-17(10-12)14(19)8-5-11-3-6-13(7-4-11)18(21)22/h3-8,12H,1-2,9-10H2,(H2,16,20)/b8-5+. The minimum atomic E-state index is -0.476. The Kier molecular flexibility index (Phi) is 4.88. The average Bonchev–Trinajstić information content (AvgIpc) is 2.53. The molecule has 1 heterocycles. The minimum Gasteiger partial charge on any atom is -0.369 e. The number of carbonyl (C=O) groups is 2. The summed E-state index contributed by atoms with van der Waals surface area (Å²) >= 11 is 0. The summed E-state index contributed by atoms with van der Waals surface area (Å²) in [5.41, 5.74) is 5.98. The second kappa shape index (κ2) is 6.84. The van der Waals surface area contributed by atoms with Crippen molar-refractivity contribution in [2.45, 2.75) is 12.8 Å². The Hall–Kier alpha value is -2.70. The molecule has 2 amide bonds. The van der Waals surface area contributed by atoms with Crippen LogP contribution >= 0.6 is 0 Å². The lowest BCUT2D eigenvalue weighted by Crippen LogP contribution is -2.43. The molecule has 1 aliphatic heterocycles. The topological polar surface area (TPSA) is 107 Å². The summed E-state index contributed by atoms with van der Waals surface area (Å²) in [5.74, 6) is -0.855. The molecule has 1 fully saturated rings. The van der Waals surface area contributed by atoms with E-state index >= 15 is 0 Å². The van der Waals surface area contributed by atoms with Crippen LogP contribution in [0.1, 0.15) is 18.4 Å². The van der Waals surface area contributed by atoms with Crippen LogP contribution in [0.3, 0.4) is 0 Å². The van der Waals surface area contributed by atoms with E-state index < -0.39 is 4.92 Å². The van der Waals surface area contributed by atoms with Gasteiger partial charge in [0.1, 0.15) is 0 Å². The van der Waals surface area contributed by atoms with Crippen LogP contribution in [0.25, 0.3) is 6.08 Å². The molecule has 22 heavy (non-hydrogen) atoms. The Balaban J connectivity index is 1.98. The molecular formula is C15H17N3O4. The van der Waals surface area contributed by atoms with E-state index in [1.165, 1.54) is 18.2 Å². The number of hydrogen-bond donors (Lipinski definition) is 1. The number of likely N-dealkylation sites (tertiary alicyclic amines) is 1. The van der Waals surface area contributed by atoms with Crippen LogP contribution in [0.5, 0.6) is 0 Å². The molecule has 7 nitrogen and oxygen atoms in total. The predicted octanol–water partition coefficient (Wildman–Crippen LogP) is 1.33. The lowest BCUT2D eigenvalue weighted by molar-refractivity contribution is -0.384. The maximum absolute atomic E-state index is 12.1. The van der Waals surface area contributed by atoms with E-state index in [0.717, 1.165) is 6.42 Å². The van der Waals surface area contributed by atoms with E-state index in [1.807, 2.05) is 0 Å². The van der Waals surface area contributed by atoms with Gasteiger partial charge in [-0.25, -0.2) is 0 Å². The van der Waals surface area contributed by atoms with Gasteiger partial charge in [-0.3, -0.25) is 19.7 Å². The summed E-state index contributed by atoms with van der Waals surface area (Å²) in [6.45, 7) is 0.950. The SMILES string of the molecule is NC(=O)C1CCCN(C(=O)/C=C/c2ccc([N+](=O)[O-])cc2)C1. The largest absolute Gasteiger partial charge is 0.369 e. The lowest BCUT2D eigenvalue weighted by Gasteiger charge is -2.30. The van der Waals surface area contributed by atoms with E-state index in [-0.39, 0.29) is 23.4 Å². The van der Waals surface area contributed by atoms with Crippen molar-refractivity contribution in [3.05, 3.63) is 46.0 Å². The summed E-state index contributed by atoms with van der Waals surface area (Å²) in [6, 6.07) is 5.91. The molecule has 0 aromatic heterocycles. The Morgan fingerprint density at radius 1 is 1.32 bits per heavy atom. The first-order valence-electron chi connectivity index (χ1n) is 6.98. The van der Waals surface area contributed by atoms with E-state index in [0.29, 0.717) is 25.1 Å². The van der Waals surface area contributed by atoms with Crippen LogP contribution in [0.2, 0.25) is 0 Å². The van der Waals surface area contributed by atoms with Crippen molar-refractivity contribution in [3.8, 4) is 0 Å². The lowest BCUT2D eigenvalue weighted by atomic mass is 9.97. The molecule has 2 rings (SSSR count). The summed E-state index contributed by atoms with van der Waals surface area (Å²) in [6.07, 6.45) is 4.47. The minimum absolute atomic E-state index is 0.00353. The summed E-state index contributed by atoms with van der Waals surface area (Å²) < 4.78 is 0. The Labute approximate surface area is 127 Å². The maximum atomic E-state index is 12.1. The molecule has 1 aromatic carbocycles. The molecule has 1 aliphatic rings. The van der Waals surface area contributed by atoms with Gasteiger partial charge in [0, 0.05) is 31.3 Å². The fraction of sp³-hybridized carbons (Fsp3) is 0.333. The monoisotopic (exact) mass is 303 g/mol. The molecule has 0 spiro atoms. The number of nitro groups is 1. The first-order chi connectivity index (χ1) is 10.5. The molecule has 1 saturated heterocycles. The summed E-state index contributed by atoms with van der Waals surface area (Å²) in [5, 5.41) is 10.6. The van der Waals surface area contributed by atoms with Crippen LogP contribution in [-0.4, -0.2) is 34.7 Å². The van der Waals surface area contributed by atoms with Crippen molar-refractivity contribution in [1.82, 2.24) is 4.90 Å². The third-order valence-corrected chi connectivity index (χ3v) is 3.66.